The van der Waals surface area contributed by atoms with Crippen molar-refractivity contribution in [2.75, 3.05) is 32.7 Å². The fourth-order valence-electron chi connectivity index (χ4n) is 3.28. The highest BCUT2D eigenvalue weighted by Crippen LogP contribution is 2.25. The van der Waals surface area contributed by atoms with Crippen LogP contribution in [0.3, 0.4) is 0 Å². The van der Waals surface area contributed by atoms with E-state index in [9.17, 15) is 9.18 Å². The summed E-state index contributed by atoms with van der Waals surface area (Å²) in [6, 6.07) is 6.23. The predicted molar refractivity (Wildman–Crippen MR) is 115 cm³/mol. The molecule has 1 aromatic heterocycles. The van der Waals surface area contributed by atoms with Crippen LogP contribution in [-0.2, 0) is 17.9 Å². The number of allylic oxidation sites excluding steroid dienone is 1. The Morgan fingerprint density at radius 2 is 2.03 bits per heavy atom. The number of amides is 1. The standard InChI is InChI=1S/C21H28FN5O2S/c1-4-10-27-19(15-29-18-9-7-6-8-17(18)22)23-24-21(27)30-16(3)20(28)26-13-11-25(5-2)12-14-26/h4,6-9,16H,1,5,10-15H2,2-3H3. The van der Waals surface area contributed by atoms with Crippen LogP contribution in [-0.4, -0.2) is 68.4 Å². The third-order valence-electron chi connectivity index (χ3n) is 5.06. The normalized spacial score (nSPS) is 15.8. The molecule has 3 rings (SSSR count). The summed E-state index contributed by atoms with van der Waals surface area (Å²) in [5.41, 5.74) is 0. The number of halogens is 1. The van der Waals surface area contributed by atoms with Crippen LogP contribution >= 0.6 is 11.8 Å². The zero-order valence-electron chi connectivity index (χ0n) is 17.5. The Labute approximate surface area is 180 Å². The number of nitrogens with zero attached hydrogens (tertiary/aromatic N) is 5. The second kappa shape index (κ2) is 10.6. The zero-order chi connectivity index (χ0) is 21.5. The van der Waals surface area contributed by atoms with Crippen LogP contribution in [0, 0.1) is 5.82 Å². The Hall–Kier alpha value is -2.39. The minimum absolute atomic E-state index is 0.0731. The summed E-state index contributed by atoms with van der Waals surface area (Å²) in [4.78, 5) is 17.1. The summed E-state index contributed by atoms with van der Waals surface area (Å²) in [5, 5.41) is 8.76. The van der Waals surface area contributed by atoms with Crippen molar-refractivity contribution in [1.29, 1.82) is 0 Å². The molecule has 9 heteroatoms. The molecular formula is C21H28FN5O2S. The zero-order valence-corrected chi connectivity index (χ0v) is 18.3. The molecule has 1 fully saturated rings. The number of rotatable bonds is 9. The number of ether oxygens (including phenoxy) is 1. The molecule has 0 aliphatic carbocycles. The first-order valence-electron chi connectivity index (χ1n) is 10.1. The maximum absolute atomic E-state index is 13.8. The van der Waals surface area contributed by atoms with Gasteiger partial charge in [-0.1, -0.05) is 36.9 Å². The van der Waals surface area contributed by atoms with Gasteiger partial charge in [-0.05, 0) is 25.6 Å². The molecule has 2 heterocycles. The molecule has 30 heavy (non-hydrogen) atoms. The van der Waals surface area contributed by atoms with Crippen LogP contribution in [0.25, 0.3) is 0 Å². The molecule has 1 amide bonds. The van der Waals surface area contributed by atoms with Gasteiger partial charge in [0.15, 0.2) is 22.5 Å². The summed E-state index contributed by atoms with van der Waals surface area (Å²) >= 11 is 1.37. The molecule has 0 N–H and O–H groups in total. The van der Waals surface area contributed by atoms with Crippen molar-refractivity contribution in [1.82, 2.24) is 24.6 Å². The van der Waals surface area contributed by atoms with Gasteiger partial charge in [-0.2, -0.15) is 0 Å². The van der Waals surface area contributed by atoms with Gasteiger partial charge in [0.1, 0.15) is 6.61 Å². The van der Waals surface area contributed by atoms with Crippen molar-refractivity contribution in [2.24, 2.45) is 0 Å². The number of carbonyl (C=O) groups excluding carboxylic acids is 1. The first-order chi connectivity index (χ1) is 14.5. The van der Waals surface area contributed by atoms with Crippen LogP contribution in [0.4, 0.5) is 4.39 Å². The Morgan fingerprint density at radius 3 is 2.70 bits per heavy atom. The quantitative estimate of drug-likeness (QED) is 0.448. The Bertz CT molecular complexity index is 867. The van der Waals surface area contributed by atoms with E-state index in [-0.39, 0.29) is 23.5 Å². The van der Waals surface area contributed by atoms with Crippen LogP contribution in [0.1, 0.15) is 19.7 Å². The van der Waals surface area contributed by atoms with Crippen LogP contribution in [0.5, 0.6) is 5.75 Å². The molecule has 1 unspecified atom stereocenters. The lowest BCUT2D eigenvalue weighted by Gasteiger charge is -2.35. The number of benzene rings is 1. The van der Waals surface area contributed by atoms with Gasteiger partial charge in [0.25, 0.3) is 0 Å². The molecule has 0 radical (unpaired) electrons. The number of para-hydroxylation sites is 1. The molecule has 1 aromatic carbocycles. The van der Waals surface area contributed by atoms with E-state index < -0.39 is 5.82 Å². The molecule has 2 aromatic rings. The van der Waals surface area contributed by atoms with Crippen molar-refractivity contribution >= 4 is 17.7 Å². The predicted octanol–water partition coefficient (Wildman–Crippen LogP) is 2.83. The Kier molecular flexibility index (Phi) is 7.87. The molecule has 7 nitrogen and oxygen atoms in total. The van der Waals surface area contributed by atoms with Gasteiger partial charge in [0, 0.05) is 32.7 Å². The number of aromatic nitrogens is 3. The average Bonchev–Trinajstić information content (AvgIpc) is 3.14. The van der Waals surface area contributed by atoms with Gasteiger partial charge >= 0.3 is 0 Å². The molecule has 0 saturated carbocycles. The molecule has 1 saturated heterocycles. The lowest BCUT2D eigenvalue weighted by Crippen LogP contribution is -2.50. The lowest BCUT2D eigenvalue weighted by atomic mass is 10.3. The number of hydrogen-bond acceptors (Lipinski definition) is 6. The fraction of sp³-hybridized carbons (Fsp3) is 0.476. The molecule has 0 bridgehead atoms. The van der Waals surface area contributed by atoms with E-state index >= 15 is 0 Å². The topological polar surface area (TPSA) is 63.5 Å². The maximum atomic E-state index is 13.8. The monoisotopic (exact) mass is 433 g/mol. The minimum Gasteiger partial charge on any atom is -0.483 e. The van der Waals surface area contributed by atoms with Crippen molar-refractivity contribution in [3.63, 3.8) is 0 Å². The fourth-order valence-corrected chi connectivity index (χ4v) is 4.24. The van der Waals surface area contributed by atoms with Gasteiger partial charge < -0.3 is 14.5 Å². The number of thioether (sulfide) groups is 1. The van der Waals surface area contributed by atoms with E-state index in [0.29, 0.717) is 17.5 Å². The summed E-state index contributed by atoms with van der Waals surface area (Å²) in [7, 11) is 0. The first kappa shape index (κ1) is 22.3. The van der Waals surface area contributed by atoms with E-state index in [1.807, 2.05) is 16.4 Å². The molecular weight excluding hydrogens is 405 g/mol. The maximum Gasteiger partial charge on any atom is 0.235 e. The van der Waals surface area contributed by atoms with Gasteiger partial charge in [-0.25, -0.2) is 4.39 Å². The summed E-state index contributed by atoms with van der Waals surface area (Å²) in [6.45, 7) is 12.7. The van der Waals surface area contributed by atoms with Crippen LogP contribution in [0.15, 0.2) is 42.1 Å². The number of piperazine rings is 1. The van der Waals surface area contributed by atoms with E-state index in [2.05, 4.69) is 28.6 Å². The van der Waals surface area contributed by atoms with Crippen LogP contribution < -0.4 is 4.74 Å². The van der Waals surface area contributed by atoms with Crippen molar-refractivity contribution < 1.29 is 13.9 Å². The Balaban J connectivity index is 1.64. The second-order valence-corrected chi connectivity index (χ2v) is 8.34. The summed E-state index contributed by atoms with van der Waals surface area (Å²) in [5.74, 6) is 0.392. The van der Waals surface area contributed by atoms with E-state index in [1.165, 1.54) is 17.8 Å². The highest BCUT2D eigenvalue weighted by molar-refractivity contribution is 8.00. The molecule has 1 aliphatic heterocycles. The Morgan fingerprint density at radius 1 is 1.30 bits per heavy atom. The highest BCUT2D eigenvalue weighted by atomic mass is 32.2. The van der Waals surface area contributed by atoms with E-state index in [0.717, 1.165) is 32.7 Å². The van der Waals surface area contributed by atoms with Gasteiger partial charge in [-0.3, -0.25) is 9.36 Å². The third-order valence-corrected chi connectivity index (χ3v) is 6.13. The van der Waals surface area contributed by atoms with Gasteiger partial charge in [-0.15, -0.1) is 16.8 Å². The van der Waals surface area contributed by atoms with Crippen LogP contribution in [0.2, 0.25) is 0 Å². The number of hydrogen-bond donors (Lipinski definition) is 0. The van der Waals surface area contributed by atoms with Crippen molar-refractivity contribution in [3.8, 4) is 5.75 Å². The molecule has 1 aliphatic rings. The minimum atomic E-state index is -0.427. The summed E-state index contributed by atoms with van der Waals surface area (Å²) < 4.78 is 21.2. The summed E-state index contributed by atoms with van der Waals surface area (Å²) in [6.07, 6.45) is 1.73. The van der Waals surface area contributed by atoms with Gasteiger partial charge in [0.05, 0.1) is 5.25 Å². The molecule has 162 valence electrons. The number of likely N-dealkylation sites (N-methyl/N-ethyl adjacent to an activating group) is 1. The van der Waals surface area contributed by atoms with E-state index in [1.54, 1.807) is 24.3 Å². The van der Waals surface area contributed by atoms with Gasteiger partial charge in [0.2, 0.25) is 5.91 Å². The molecule has 1 atom stereocenters. The first-order valence-corrected chi connectivity index (χ1v) is 11.0. The highest BCUT2D eigenvalue weighted by Gasteiger charge is 2.27. The smallest absolute Gasteiger partial charge is 0.235 e. The average molecular weight is 434 g/mol. The SMILES string of the molecule is C=CCn1c(COc2ccccc2F)nnc1SC(C)C(=O)N1CCN(CC)CC1. The largest absolute Gasteiger partial charge is 0.483 e. The van der Waals surface area contributed by atoms with E-state index in [4.69, 9.17) is 4.74 Å². The van der Waals surface area contributed by atoms with Crippen molar-refractivity contribution in [3.05, 3.63) is 48.6 Å². The third kappa shape index (κ3) is 5.40. The number of carbonyl (C=O) groups is 1. The molecule has 0 spiro atoms. The van der Waals surface area contributed by atoms with Crippen molar-refractivity contribution in [2.45, 2.75) is 37.4 Å². The lowest BCUT2D eigenvalue weighted by molar-refractivity contribution is -0.132. The second-order valence-electron chi connectivity index (χ2n) is 7.04.